The van der Waals surface area contributed by atoms with E-state index in [4.69, 9.17) is 5.11 Å². The fraction of sp³-hybridized carbons (Fsp3) is 0.133. The predicted octanol–water partition coefficient (Wildman–Crippen LogP) is 3.16. The van der Waals surface area contributed by atoms with Crippen molar-refractivity contribution in [2.24, 2.45) is 0 Å². The van der Waals surface area contributed by atoms with E-state index in [2.05, 4.69) is 5.32 Å². The molecule has 0 heterocycles. The highest BCUT2D eigenvalue weighted by Crippen LogP contribution is 2.17. The molecule has 0 aliphatic rings. The van der Waals surface area contributed by atoms with Crippen molar-refractivity contribution in [1.82, 2.24) is 5.32 Å². The third-order valence-electron chi connectivity index (χ3n) is 2.89. The van der Waals surface area contributed by atoms with Crippen LogP contribution in [0.15, 0.2) is 42.5 Å². The van der Waals surface area contributed by atoms with Crippen LogP contribution in [0.25, 0.3) is 0 Å². The molecule has 0 saturated heterocycles. The quantitative estimate of drug-likeness (QED) is 0.905. The molecule has 2 aromatic carbocycles. The summed E-state index contributed by atoms with van der Waals surface area (Å²) in [5.74, 6) is -2.09. The van der Waals surface area contributed by atoms with Crippen LogP contribution in [0, 0.1) is 11.6 Å². The molecule has 0 aliphatic heterocycles. The van der Waals surface area contributed by atoms with Gasteiger partial charge >= 0.3 is 0 Å². The number of hydrogen-bond acceptors (Lipinski definition) is 2. The van der Waals surface area contributed by atoms with Gasteiger partial charge < -0.3 is 10.4 Å². The molecule has 2 rings (SSSR count). The summed E-state index contributed by atoms with van der Waals surface area (Å²) in [6, 6.07) is 8.63. The molecule has 20 heavy (non-hydrogen) atoms. The second kappa shape index (κ2) is 5.69. The number of nitrogens with one attached hydrogen (secondary N) is 1. The maximum atomic E-state index is 13.5. The van der Waals surface area contributed by atoms with Crippen LogP contribution in [0.1, 0.15) is 28.9 Å². The van der Waals surface area contributed by atoms with Crippen molar-refractivity contribution in [3.05, 3.63) is 65.2 Å². The Hall–Kier alpha value is -2.43. The Bertz CT molecular complexity index is 644. The molecular weight excluding hydrogens is 264 g/mol. The Balaban J connectivity index is 2.15. The number of carbonyl (C=O) groups is 1. The summed E-state index contributed by atoms with van der Waals surface area (Å²) in [7, 11) is 0. The van der Waals surface area contributed by atoms with Crippen LogP contribution < -0.4 is 5.32 Å². The van der Waals surface area contributed by atoms with E-state index in [9.17, 15) is 13.6 Å². The fourth-order valence-corrected chi connectivity index (χ4v) is 1.82. The Labute approximate surface area is 114 Å². The Kier molecular flexibility index (Phi) is 3.98. The standard InChI is InChI=1S/C15H13F2NO2/c1-9(10-3-2-4-11(16)7-10)18-15(20)13-6-5-12(19)8-14(13)17/h2-9,19H,1H3,(H,18,20). The van der Waals surface area contributed by atoms with Crippen molar-refractivity contribution in [3.8, 4) is 5.75 Å². The van der Waals surface area contributed by atoms with Crippen molar-refractivity contribution >= 4 is 5.91 Å². The summed E-state index contributed by atoms with van der Waals surface area (Å²) >= 11 is 0. The lowest BCUT2D eigenvalue weighted by Gasteiger charge is -2.14. The lowest BCUT2D eigenvalue weighted by Crippen LogP contribution is -2.27. The van der Waals surface area contributed by atoms with Gasteiger partial charge in [-0.3, -0.25) is 4.79 Å². The van der Waals surface area contributed by atoms with Crippen LogP contribution in [0.4, 0.5) is 8.78 Å². The number of rotatable bonds is 3. The van der Waals surface area contributed by atoms with E-state index in [1.807, 2.05) is 0 Å². The number of amides is 1. The Morgan fingerprint density at radius 1 is 1.20 bits per heavy atom. The SMILES string of the molecule is CC(NC(=O)c1ccc(O)cc1F)c1cccc(F)c1. The number of halogens is 2. The van der Waals surface area contributed by atoms with E-state index < -0.39 is 23.6 Å². The molecule has 0 bridgehead atoms. The second-order valence-corrected chi connectivity index (χ2v) is 4.41. The minimum Gasteiger partial charge on any atom is -0.508 e. The zero-order valence-corrected chi connectivity index (χ0v) is 10.7. The smallest absolute Gasteiger partial charge is 0.254 e. The summed E-state index contributed by atoms with van der Waals surface area (Å²) < 4.78 is 26.6. The van der Waals surface area contributed by atoms with Gasteiger partial charge in [0.05, 0.1) is 11.6 Å². The summed E-state index contributed by atoms with van der Waals surface area (Å²) in [6.45, 7) is 1.67. The molecule has 0 aliphatic carbocycles. The molecule has 0 spiro atoms. The van der Waals surface area contributed by atoms with Gasteiger partial charge in [0.2, 0.25) is 0 Å². The summed E-state index contributed by atoms with van der Waals surface area (Å²) in [6.07, 6.45) is 0. The van der Waals surface area contributed by atoms with Gasteiger partial charge in [-0.05, 0) is 36.8 Å². The van der Waals surface area contributed by atoms with E-state index in [1.54, 1.807) is 13.0 Å². The third kappa shape index (κ3) is 3.12. The third-order valence-corrected chi connectivity index (χ3v) is 2.89. The molecule has 2 N–H and O–H groups in total. The fourth-order valence-electron chi connectivity index (χ4n) is 1.82. The molecule has 3 nitrogen and oxygen atoms in total. The number of aromatic hydroxyl groups is 1. The highest BCUT2D eigenvalue weighted by molar-refractivity contribution is 5.94. The molecule has 1 amide bonds. The molecule has 0 radical (unpaired) electrons. The lowest BCUT2D eigenvalue weighted by atomic mass is 10.1. The lowest BCUT2D eigenvalue weighted by molar-refractivity contribution is 0.0935. The Morgan fingerprint density at radius 2 is 1.95 bits per heavy atom. The van der Waals surface area contributed by atoms with Crippen LogP contribution in [0.5, 0.6) is 5.75 Å². The largest absolute Gasteiger partial charge is 0.508 e. The van der Waals surface area contributed by atoms with E-state index in [0.29, 0.717) is 5.56 Å². The minimum absolute atomic E-state index is 0.175. The van der Waals surface area contributed by atoms with Crippen molar-refractivity contribution < 1.29 is 18.7 Å². The molecule has 1 atom stereocenters. The van der Waals surface area contributed by atoms with Crippen molar-refractivity contribution in [2.45, 2.75) is 13.0 Å². The first-order valence-electron chi connectivity index (χ1n) is 6.02. The highest BCUT2D eigenvalue weighted by Gasteiger charge is 2.15. The molecular formula is C15H13F2NO2. The van der Waals surface area contributed by atoms with Gasteiger partial charge in [-0.25, -0.2) is 8.78 Å². The van der Waals surface area contributed by atoms with Crippen molar-refractivity contribution in [2.75, 3.05) is 0 Å². The number of hydrogen-bond donors (Lipinski definition) is 2. The molecule has 0 saturated carbocycles. The average Bonchev–Trinajstić information content (AvgIpc) is 2.38. The van der Waals surface area contributed by atoms with Gasteiger partial charge in [0.1, 0.15) is 17.4 Å². The van der Waals surface area contributed by atoms with Crippen LogP contribution in [0.3, 0.4) is 0 Å². The molecule has 104 valence electrons. The van der Waals surface area contributed by atoms with Gasteiger partial charge in [-0.2, -0.15) is 0 Å². The number of benzene rings is 2. The summed E-state index contributed by atoms with van der Waals surface area (Å²) in [5.41, 5.74) is 0.406. The van der Waals surface area contributed by atoms with E-state index >= 15 is 0 Å². The molecule has 1 unspecified atom stereocenters. The molecule has 5 heteroatoms. The number of phenols is 1. The average molecular weight is 277 g/mol. The van der Waals surface area contributed by atoms with Crippen LogP contribution in [0.2, 0.25) is 0 Å². The second-order valence-electron chi connectivity index (χ2n) is 4.41. The van der Waals surface area contributed by atoms with Gasteiger partial charge in [0, 0.05) is 6.07 Å². The van der Waals surface area contributed by atoms with Gasteiger partial charge in [0.25, 0.3) is 5.91 Å². The molecule has 0 aromatic heterocycles. The van der Waals surface area contributed by atoms with Crippen LogP contribution >= 0.6 is 0 Å². The van der Waals surface area contributed by atoms with E-state index in [-0.39, 0.29) is 11.3 Å². The highest BCUT2D eigenvalue weighted by atomic mass is 19.1. The van der Waals surface area contributed by atoms with E-state index in [1.165, 1.54) is 30.3 Å². The van der Waals surface area contributed by atoms with Gasteiger partial charge in [0.15, 0.2) is 0 Å². The van der Waals surface area contributed by atoms with Crippen LogP contribution in [-0.4, -0.2) is 11.0 Å². The van der Waals surface area contributed by atoms with Crippen molar-refractivity contribution in [1.29, 1.82) is 0 Å². The zero-order chi connectivity index (χ0) is 14.7. The predicted molar refractivity (Wildman–Crippen MR) is 70.3 cm³/mol. The first-order chi connectivity index (χ1) is 9.47. The first-order valence-corrected chi connectivity index (χ1v) is 6.02. The normalized spacial score (nSPS) is 11.9. The Morgan fingerprint density at radius 3 is 2.60 bits per heavy atom. The molecule has 2 aromatic rings. The van der Waals surface area contributed by atoms with E-state index in [0.717, 1.165) is 6.07 Å². The van der Waals surface area contributed by atoms with Gasteiger partial charge in [-0.1, -0.05) is 12.1 Å². The topological polar surface area (TPSA) is 49.3 Å². The number of phenolic OH excluding ortho intramolecular Hbond substituents is 1. The number of carbonyl (C=O) groups excluding carboxylic acids is 1. The monoisotopic (exact) mass is 277 g/mol. The minimum atomic E-state index is -0.811. The van der Waals surface area contributed by atoms with Crippen molar-refractivity contribution in [3.63, 3.8) is 0 Å². The van der Waals surface area contributed by atoms with Crippen LogP contribution in [-0.2, 0) is 0 Å². The maximum absolute atomic E-state index is 13.5. The first kappa shape index (κ1) is 14.0. The maximum Gasteiger partial charge on any atom is 0.254 e. The van der Waals surface area contributed by atoms with Gasteiger partial charge in [-0.15, -0.1) is 0 Å². The molecule has 0 fully saturated rings. The zero-order valence-electron chi connectivity index (χ0n) is 10.7. The summed E-state index contributed by atoms with van der Waals surface area (Å²) in [4.78, 5) is 11.9. The summed E-state index contributed by atoms with van der Waals surface area (Å²) in [5, 5.41) is 11.7.